The second kappa shape index (κ2) is 6.91. The van der Waals surface area contributed by atoms with E-state index >= 15 is 0 Å². The van der Waals surface area contributed by atoms with E-state index in [1.165, 1.54) is 38.0 Å². The Morgan fingerprint density at radius 1 is 1.13 bits per heavy atom. The molecule has 2 aliphatic heterocycles. The molecule has 23 heavy (non-hydrogen) atoms. The van der Waals surface area contributed by atoms with Crippen LogP contribution < -0.4 is 0 Å². The molecule has 1 aromatic heterocycles. The Bertz CT molecular complexity index is 517. The fourth-order valence-corrected chi connectivity index (χ4v) is 4.04. The minimum absolute atomic E-state index is 0.225. The quantitative estimate of drug-likeness (QED) is 0.925. The number of aliphatic hydroxyl groups excluding tert-OH is 1. The van der Waals surface area contributed by atoms with Gasteiger partial charge in [0.1, 0.15) is 0 Å². The van der Waals surface area contributed by atoms with Gasteiger partial charge in [-0.1, -0.05) is 6.42 Å². The molecule has 3 rings (SSSR count). The molecule has 1 fully saturated rings. The SMILES string of the molecule is C[C@H](O)c1cc2n(n1)CCCN(CC(C)(C)N1CCCCC1)C2. The van der Waals surface area contributed by atoms with Gasteiger partial charge in [0.2, 0.25) is 0 Å². The second-order valence-corrected chi connectivity index (χ2v) is 7.88. The van der Waals surface area contributed by atoms with Crippen LogP contribution in [0.5, 0.6) is 0 Å². The maximum atomic E-state index is 9.77. The third kappa shape index (κ3) is 3.95. The van der Waals surface area contributed by atoms with Gasteiger partial charge < -0.3 is 5.11 Å². The molecule has 5 heteroatoms. The summed E-state index contributed by atoms with van der Waals surface area (Å²) in [5.74, 6) is 0. The average Bonchev–Trinajstić information content (AvgIpc) is 2.82. The van der Waals surface area contributed by atoms with Gasteiger partial charge in [-0.3, -0.25) is 14.5 Å². The van der Waals surface area contributed by atoms with E-state index in [1.54, 1.807) is 6.92 Å². The molecule has 0 aliphatic carbocycles. The predicted octanol–water partition coefficient (Wildman–Crippen LogP) is 2.41. The van der Waals surface area contributed by atoms with Gasteiger partial charge in [-0.25, -0.2) is 0 Å². The van der Waals surface area contributed by atoms with E-state index in [4.69, 9.17) is 0 Å². The molecule has 0 bridgehead atoms. The zero-order valence-electron chi connectivity index (χ0n) is 15.0. The van der Waals surface area contributed by atoms with Crippen LogP contribution in [0.25, 0.3) is 0 Å². The lowest BCUT2D eigenvalue weighted by molar-refractivity contribution is 0.0554. The minimum atomic E-state index is -0.479. The number of fused-ring (bicyclic) bond motifs is 1. The first kappa shape index (κ1) is 16.9. The van der Waals surface area contributed by atoms with Gasteiger partial charge in [-0.05, 0) is 59.2 Å². The van der Waals surface area contributed by atoms with Crippen molar-refractivity contribution in [1.82, 2.24) is 19.6 Å². The van der Waals surface area contributed by atoms with Crippen LogP contribution in [-0.4, -0.2) is 56.4 Å². The molecular formula is C18H32N4O. The lowest BCUT2D eigenvalue weighted by Gasteiger charge is -2.43. The van der Waals surface area contributed by atoms with Crippen molar-refractivity contribution >= 4 is 0 Å². The van der Waals surface area contributed by atoms with E-state index in [0.717, 1.165) is 38.3 Å². The molecule has 1 N–H and O–H groups in total. The molecule has 0 saturated carbocycles. The normalized spacial score (nSPS) is 22.6. The van der Waals surface area contributed by atoms with Gasteiger partial charge in [0.15, 0.2) is 0 Å². The molecule has 1 atom stereocenters. The summed E-state index contributed by atoms with van der Waals surface area (Å²) in [4.78, 5) is 5.24. The third-order valence-corrected chi connectivity index (χ3v) is 5.36. The number of likely N-dealkylation sites (tertiary alicyclic amines) is 1. The van der Waals surface area contributed by atoms with Gasteiger partial charge in [-0.2, -0.15) is 5.10 Å². The Kier molecular flexibility index (Phi) is 5.09. The van der Waals surface area contributed by atoms with Crippen LogP contribution in [0, 0.1) is 0 Å². The molecule has 3 heterocycles. The standard InChI is InChI=1S/C18H32N4O/c1-15(23)17-12-16-13-20(8-7-11-22(16)19-17)14-18(2,3)21-9-5-4-6-10-21/h12,15,23H,4-11,13-14H2,1-3H3/t15-/m0/s1. The van der Waals surface area contributed by atoms with Crippen molar-refractivity contribution < 1.29 is 5.11 Å². The van der Waals surface area contributed by atoms with E-state index in [9.17, 15) is 5.11 Å². The molecule has 130 valence electrons. The molecule has 1 saturated heterocycles. The van der Waals surface area contributed by atoms with Crippen molar-refractivity contribution in [3.05, 3.63) is 17.5 Å². The van der Waals surface area contributed by atoms with Crippen LogP contribution in [0.2, 0.25) is 0 Å². The van der Waals surface area contributed by atoms with Crippen LogP contribution in [0.1, 0.15) is 63.9 Å². The van der Waals surface area contributed by atoms with Crippen LogP contribution in [-0.2, 0) is 13.1 Å². The summed E-state index contributed by atoms with van der Waals surface area (Å²) in [6, 6.07) is 2.08. The van der Waals surface area contributed by atoms with Crippen LogP contribution in [0.3, 0.4) is 0 Å². The minimum Gasteiger partial charge on any atom is -0.387 e. The van der Waals surface area contributed by atoms with Crippen molar-refractivity contribution in [3.63, 3.8) is 0 Å². The van der Waals surface area contributed by atoms with Crippen molar-refractivity contribution in [2.75, 3.05) is 26.2 Å². The first-order chi connectivity index (χ1) is 11.0. The van der Waals surface area contributed by atoms with Crippen molar-refractivity contribution in [3.8, 4) is 0 Å². The van der Waals surface area contributed by atoms with Gasteiger partial charge >= 0.3 is 0 Å². The third-order valence-electron chi connectivity index (χ3n) is 5.36. The Balaban J connectivity index is 1.67. The topological polar surface area (TPSA) is 44.5 Å². The fourth-order valence-electron chi connectivity index (χ4n) is 4.04. The zero-order valence-corrected chi connectivity index (χ0v) is 15.0. The molecule has 0 radical (unpaired) electrons. The molecule has 0 amide bonds. The molecule has 0 aromatic carbocycles. The Hall–Kier alpha value is -0.910. The smallest absolute Gasteiger partial charge is 0.0950 e. The Morgan fingerprint density at radius 3 is 2.57 bits per heavy atom. The highest BCUT2D eigenvalue weighted by Gasteiger charge is 2.31. The van der Waals surface area contributed by atoms with E-state index in [1.807, 2.05) is 0 Å². The number of rotatable bonds is 4. The monoisotopic (exact) mass is 320 g/mol. The number of aliphatic hydroxyl groups is 1. The van der Waals surface area contributed by atoms with Gasteiger partial charge in [-0.15, -0.1) is 0 Å². The number of hydrogen-bond acceptors (Lipinski definition) is 4. The lowest BCUT2D eigenvalue weighted by atomic mass is 9.97. The molecule has 0 spiro atoms. The average molecular weight is 320 g/mol. The number of aromatic nitrogens is 2. The predicted molar refractivity (Wildman–Crippen MR) is 92.3 cm³/mol. The largest absolute Gasteiger partial charge is 0.387 e. The maximum absolute atomic E-state index is 9.77. The maximum Gasteiger partial charge on any atom is 0.0950 e. The second-order valence-electron chi connectivity index (χ2n) is 7.88. The molecule has 0 unspecified atom stereocenters. The summed E-state index contributed by atoms with van der Waals surface area (Å²) in [5, 5.41) is 14.3. The van der Waals surface area contributed by atoms with Crippen LogP contribution >= 0.6 is 0 Å². The van der Waals surface area contributed by atoms with E-state index in [0.29, 0.717) is 0 Å². The summed E-state index contributed by atoms with van der Waals surface area (Å²) < 4.78 is 2.09. The van der Waals surface area contributed by atoms with Crippen molar-refractivity contribution in [2.24, 2.45) is 0 Å². The first-order valence-electron chi connectivity index (χ1n) is 9.18. The van der Waals surface area contributed by atoms with Crippen molar-refractivity contribution in [2.45, 2.75) is 71.2 Å². The Labute approximate surface area is 140 Å². The summed E-state index contributed by atoms with van der Waals surface area (Å²) >= 11 is 0. The summed E-state index contributed by atoms with van der Waals surface area (Å²) in [6.07, 6.45) is 4.72. The van der Waals surface area contributed by atoms with Gasteiger partial charge in [0, 0.05) is 31.7 Å². The van der Waals surface area contributed by atoms with Crippen LogP contribution in [0.4, 0.5) is 0 Å². The van der Waals surface area contributed by atoms with E-state index < -0.39 is 6.10 Å². The summed E-state index contributed by atoms with van der Waals surface area (Å²) in [5.41, 5.74) is 2.27. The van der Waals surface area contributed by atoms with E-state index in [2.05, 4.69) is 39.5 Å². The van der Waals surface area contributed by atoms with Crippen LogP contribution in [0.15, 0.2) is 6.07 Å². The zero-order chi connectivity index (χ0) is 16.4. The molecule has 2 aliphatic rings. The lowest BCUT2D eigenvalue weighted by Crippen LogP contribution is -2.53. The molecule has 1 aromatic rings. The number of hydrogen-bond donors (Lipinski definition) is 1. The Morgan fingerprint density at radius 2 is 1.87 bits per heavy atom. The number of nitrogens with zero attached hydrogens (tertiary/aromatic N) is 4. The summed E-state index contributed by atoms with van der Waals surface area (Å²) in [7, 11) is 0. The fraction of sp³-hybridized carbons (Fsp3) is 0.833. The van der Waals surface area contributed by atoms with Crippen molar-refractivity contribution in [1.29, 1.82) is 0 Å². The molecular weight excluding hydrogens is 288 g/mol. The van der Waals surface area contributed by atoms with E-state index in [-0.39, 0.29) is 5.54 Å². The number of aryl methyl sites for hydroxylation is 1. The summed E-state index contributed by atoms with van der Waals surface area (Å²) in [6.45, 7) is 13.2. The number of piperidine rings is 1. The van der Waals surface area contributed by atoms with Gasteiger partial charge in [0.25, 0.3) is 0 Å². The highest BCUT2D eigenvalue weighted by molar-refractivity contribution is 5.13. The highest BCUT2D eigenvalue weighted by atomic mass is 16.3. The molecule has 5 nitrogen and oxygen atoms in total. The highest BCUT2D eigenvalue weighted by Crippen LogP contribution is 2.24. The first-order valence-corrected chi connectivity index (χ1v) is 9.18. The van der Waals surface area contributed by atoms with Gasteiger partial charge in [0.05, 0.1) is 17.5 Å².